The summed E-state index contributed by atoms with van der Waals surface area (Å²) in [4.78, 5) is 29.8. The third-order valence-corrected chi connectivity index (χ3v) is 5.16. The lowest BCUT2D eigenvalue weighted by Gasteiger charge is -2.32. The monoisotopic (exact) mass is 472 g/mol. The number of furan rings is 1. The van der Waals surface area contributed by atoms with Gasteiger partial charge in [0.05, 0.1) is 6.26 Å². The number of nitrogens with zero attached hydrogens (tertiary/aromatic N) is 5. The van der Waals surface area contributed by atoms with Gasteiger partial charge >= 0.3 is 0 Å². The lowest BCUT2D eigenvalue weighted by Crippen LogP contribution is -2.50. The SMILES string of the molecule is Cc1ccc(-c2nnn(CC(=O)N(c3ccccc3)C(C(=O)NC(C)(C)C)c3ccco3)n2)cc1. The number of aryl methyl sites for hydroxylation is 1. The van der Waals surface area contributed by atoms with Gasteiger partial charge in [-0.05, 0) is 57.2 Å². The maximum absolute atomic E-state index is 13.7. The van der Waals surface area contributed by atoms with Crippen molar-refractivity contribution in [1.82, 2.24) is 25.5 Å². The lowest BCUT2D eigenvalue weighted by molar-refractivity contribution is -0.128. The normalized spacial score (nSPS) is 12.2. The third-order valence-electron chi connectivity index (χ3n) is 5.16. The molecule has 9 heteroatoms. The molecule has 0 saturated carbocycles. The number of carbonyl (C=O) groups excluding carboxylic acids is 2. The van der Waals surface area contributed by atoms with E-state index in [1.807, 2.05) is 58.0 Å². The number of carbonyl (C=O) groups is 2. The van der Waals surface area contributed by atoms with Crippen molar-refractivity contribution in [1.29, 1.82) is 0 Å². The van der Waals surface area contributed by atoms with Gasteiger partial charge in [-0.15, -0.1) is 10.2 Å². The standard InChI is InChI=1S/C26H28N6O3/c1-18-12-14-19(15-13-18)24-28-30-31(29-24)17-22(33)32(20-9-6-5-7-10-20)23(21-11-8-16-35-21)25(34)27-26(2,3)4/h5-16,23H,17H2,1-4H3,(H,27,34). The predicted octanol–water partition coefficient (Wildman–Crippen LogP) is 3.93. The van der Waals surface area contributed by atoms with E-state index in [4.69, 9.17) is 4.42 Å². The molecule has 2 aromatic heterocycles. The van der Waals surface area contributed by atoms with Gasteiger partial charge in [-0.3, -0.25) is 14.5 Å². The van der Waals surface area contributed by atoms with Crippen LogP contribution in [0.2, 0.25) is 0 Å². The number of tetrazole rings is 1. The Labute approximate surface area is 203 Å². The summed E-state index contributed by atoms with van der Waals surface area (Å²) in [5.41, 5.74) is 1.95. The van der Waals surface area contributed by atoms with E-state index in [-0.39, 0.29) is 12.5 Å². The minimum atomic E-state index is -1.03. The molecule has 1 unspecified atom stereocenters. The second-order valence-corrected chi connectivity index (χ2v) is 9.27. The van der Waals surface area contributed by atoms with Gasteiger partial charge in [0.1, 0.15) is 12.3 Å². The summed E-state index contributed by atoms with van der Waals surface area (Å²) in [6, 6.07) is 19.0. The molecule has 4 aromatic rings. The second-order valence-electron chi connectivity index (χ2n) is 9.27. The highest BCUT2D eigenvalue weighted by Gasteiger charge is 2.36. The fourth-order valence-electron chi connectivity index (χ4n) is 3.61. The zero-order chi connectivity index (χ0) is 25.0. The number of benzene rings is 2. The highest BCUT2D eigenvalue weighted by atomic mass is 16.3. The van der Waals surface area contributed by atoms with Crippen molar-refractivity contribution >= 4 is 17.5 Å². The molecule has 9 nitrogen and oxygen atoms in total. The molecule has 0 radical (unpaired) electrons. The second kappa shape index (κ2) is 9.92. The number of para-hydroxylation sites is 1. The average Bonchev–Trinajstić information content (AvgIpc) is 3.49. The van der Waals surface area contributed by atoms with Crippen molar-refractivity contribution in [3.8, 4) is 11.4 Å². The van der Waals surface area contributed by atoms with Crippen LogP contribution in [0.5, 0.6) is 0 Å². The van der Waals surface area contributed by atoms with Crippen LogP contribution in [0.1, 0.15) is 38.1 Å². The van der Waals surface area contributed by atoms with Gasteiger partial charge < -0.3 is 9.73 Å². The largest absolute Gasteiger partial charge is 0.467 e. The molecule has 2 amide bonds. The van der Waals surface area contributed by atoms with Crippen LogP contribution in [0.3, 0.4) is 0 Å². The maximum atomic E-state index is 13.7. The number of anilines is 1. The van der Waals surface area contributed by atoms with E-state index < -0.39 is 17.5 Å². The Morgan fingerprint density at radius 1 is 1.03 bits per heavy atom. The lowest BCUT2D eigenvalue weighted by atomic mass is 10.1. The van der Waals surface area contributed by atoms with E-state index in [1.54, 1.807) is 36.4 Å². The molecule has 2 heterocycles. The molecule has 4 rings (SSSR count). The molecule has 35 heavy (non-hydrogen) atoms. The van der Waals surface area contributed by atoms with Crippen molar-refractivity contribution in [2.24, 2.45) is 0 Å². The molecule has 1 N–H and O–H groups in total. The Morgan fingerprint density at radius 2 is 1.74 bits per heavy atom. The molecular weight excluding hydrogens is 444 g/mol. The summed E-state index contributed by atoms with van der Waals surface area (Å²) >= 11 is 0. The molecule has 1 atom stereocenters. The van der Waals surface area contributed by atoms with Crippen LogP contribution >= 0.6 is 0 Å². The molecule has 0 aliphatic carbocycles. The van der Waals surface area contributed by atoms with Crippen LogP contribution in [0.15, 0.2) is 77.4 Å². The van der Waals surface area contributed by atoms with Crippen LogP contribution in [0.25, 0.3) is 11.4 Å². The first-order valence-electron chi connectivity index (χ1n) is 11.3. The van der Waals surface area contributed by atoms with Crippen LogP contribution in [-0.4, -0.2) is 37.6 Å². The first-order valence-corrected chi connectivity index (χ1v) is 11.3. The Balaban J connectivity index is 1.67. The maximum Gasteiger partial charge on any atom is 0.251 e. The van der Waals surface area contributed by atoms with Gasteiger partial charge in [-0.2, -0.15) is 4.80 Å². The smallest absolute Gasteiger partial charge is 0.251 e. The van der Waals surface area contributed by atoms with Gasteiger partial charge in [0.2, 0.25) is 5.82 Å². The van der Waals surface area contributed by atoms with Gasteiger partial charge in [-0.25, -0.2) is 0 Å². The molecule has 0 aliphatic heterocycles. The molecule has 0 saturated heterocycles. The summed E-state index contributed by atoms with van der Waals surface area (Å²) < 4.78 is 5.60. The van der Waals surface area contributed by atoms with Crippen molar-refractivity contribution in [3.05, 3.63) is 84.3 Å². The Bertz CT molecular complexity index is 1270. The fraction of sp³-hybridized carbons (Fsp3) is 0.269. The molecular formula is C26H28N6O3. The number of hydrogen-bond acceptors (Lipinski definition) is 6. The number of nitrogens with one attached hydrogen (secondary N) is 1. The summed E-state index contributed by atoms with van der Waals surface area (Å²) in [6.45, 7) is 7.42. The van der Waals surface area contributed by atoms with Gasteiger partial charge in [0, 0.05) is 16.8 Å². The zero-order valence-electron chi connectivity index (χ0n) is 20.2. The Hall–Kier alpha value is -4.27. The molecule has 0 fully saturated rings. The average molecular weight is 473 g/mol. The number of hydrogen-bond donors (Lipinski definition) is 1. The van der Waals surface area contributed by atoms with Crippen LogP contribution in [-0.2, 0) is 16.1 Å². The van der Waals surface area contributed by atoms with E-state index in [9.17, 15) is 9.59 Å². The van der Waals surface area contributed by atoms with E-state index in [0.29, 0.717) is 17.3 Å². The first kappa shape index (κ1) is 23.9. The Morgan fingerprint density at radius 3 is 2.37 bits per heavy atom. The van der Waals surface area contributed by atoms with Crippen molar-refractivity contribution in [3.63, 3.8) is 0 Å². The number of aromatic nitrogens is 4. The van der Waals surface area contributed by atoms with Gasteiger partial charge in [-0.1, -0.05) is 48.0 Å². The first-order chi connectivity index (χ1) is 16.7. The number of amides is 2. The summed E-state index contributed by atoms with van der Waals surface area (Å²) in [5.74, 6) is -0.000898. The minimum absolute atomic E-state index is 0.215. The summed E-state index contributed by atoms with van der Waals surface area (Å²) in [7, 11) is 0. The minimum Gasteiger partial charge on any atom is -0.467 e. The molecule has 180 valence electrons. The van der Waals surface area contributed by atoms with Crippen LogP contribution in [0, 0.1) is 6.92 Å². The van der Waals surface area contributed by atoms with E-state index in [1.165, 1.54) is 16.0 Å². The molecule has 2 aromatic carbocycles. The summed E-state index contributed by atoms with van der Waals surface area (Å²) in [5, 5.41) is 15.5. The highest BCUT2D eigenvalue weighted by Crippen LogP contribution is 2.29. The highest BCUT2D eigenvalue weighted by molar-refractivity contribution is 6.01. The number of rotatable bonds is 7. The predicted molar refractivity (Wildman–Crippen MR) is 131 cm³/mol. The molecule has 0 aliphatic rings. The van der Waals surface area contributed by atoms with Gasteiger partial charge in [0.15, 0.2) is 6.04 Å². The van der Waals surface area contributed by atoms with Crippen LogP contribution < -0.4 is 10.2 Å². The van der Waals surface area contributed by atoms with E-state index in [2.05, 4.69) is 20.7 Å². The van der Waals surface area contributed by atoms with Gasteiger partial charge in [0.25, 0.3) is 11.8 Å². The summed E-state index contributed by atoms with van der Waals surface area (Å²) in [6.07, 6.45) is 1.48. The topological polar surface area (TPSA) is 106 Å². The molecule has 0 bridgehead atoms. The zero-order valence-corrected chi connectivity index (χ0v) is 20.2. The Kier molecular flexibility index (Phi) is 6.77. The van der Waals surface area contributed by atoms with E-state index >= 15 is 0 Å². The van der Waals surface area contributed by atoms with Crippen molar-refractivity contribution in [2.75, 3.05) is 4.90 Å². The molecule has 0 spiro atoms. The van der Waals surface area contributed by atoms with E-state index in [0.717, 1.165) is 11.1 Å². The fourth-order valence-corrected chi connectivity index (χ4v) is 3.61. The van der Waals surface area contributed by atoms with Crippen molar-refractivity contribution < 1.29 is 14.0 Å². The van der Waals surface area contributed by atoms with Crippen molar-refractivity contribution in [2.45, 2.75) is 45.8 Å². The quantitative estimate of drug-likeness (QED) is 0.437. The third kappa shape index (κ3) is 5.81. The van der Waals surface area contributed by atoms with Crippen LogP contribution in [0.4, 0.5) is 5.69 Å².